The van der Waals surface area contributed by atoms with Gasteiger partial charge in [0.2, 0.25) is 5.91 Å². The third kappa shape index (κ3) is 5.31. The van der Waals surface area contributed by atoms with Gasteiger partial charge in [-0.15, -0.1) is 0 Å². The predicted molar refractivity (Wildman–Crippen MR) is 80.7 cm³/mol. The lowest BCUT2D eigenvalue weighted by Gasteiger charge is -2.15. The molecule has 1 aromatic carbocycles. The molecule has 1 heterocycles. The molecule has 0 aliphatic carbocycles. The topological polar surface area (TPSA) is 50.4 Å². The van der Waals surface area contributed by atoms with Crippen molar-refractivity contribution in [1.29, 1.82) is 0 Å². The number of rotatable bonds is 7. The van der Waals surface area contributed by atoms with Gasteiger partial charge >= 0.3 is 0 Å². The molecule has 2 rings (SSSR count). The number of ether oxygens (including phenoxy) is 1. The van der Waals surface area contributed by atoms with Crippen molar-refractivity contribution in [1.82, 2.24) is 5.32 Å². The Hall–Kier alpha value is -1.39. The van der Waals surface area contributed by atoms with Crippen LogP contribution in [0.3, 0.4) is 0 Å². The lowest BCUT2D eigenvalue weighted by Crippen LogP contribution is -2.32. The van der Waals surface area contributed by atoms with E-state index in [-0.39, 0.29) is 11.9 Å². The quantitative estimate of drug-likeness (QED) is 0.804. The Labute approximate surface area is 120 Å². The molecule has 1 aliphatic rings. The Morgan fingerprint density at radius 1 is 1.40 bits per heavy atom. The van der Waals surface area contributed by atoms with Crippen LogP contribution < -0.4 is 10.6 Å². The third-order valence-electron chi connectivity index (χ3n) is 3.53. The lowest BCUT2D eigenvalue weighted by molar-refractivity contribution is -0.116. The molecule has 0 saturated carbocycles. The molecule has 1 saturated heterocycles. The van der Waals surface area contributed by atoms with E-state index in [1.54, 1.807) is 0 Å². The van der Waals surface area contributed by atoms with Gasteiger partial charge in [0, 0.05) is 24.8 Å². The van der Waals surface area contributed by atoms with Crippen molar-refractivity contribution >= 4 is 11.6 Å². The van der Waals surface area contributed by atoms with Gasteiger partial charge in [-0.1, -0.05) is 18.2 Å². The minimum Gasteiger partial charge on any atom is -0.378 e. The summed E-state index contributed by atoms with van der Waals surface area (Å²) < 4.78 is 5.58. The van der Waals surface area contributed by atoms with E-state index >= 15 is 0 Å². The van der Waals surface area contributed by atoms with Gasteiger partial charge in [0.25, 0.3) is 0 Å². The Morgan fingerprint density at radius 3 is 2.90 bits per heavy atom. The van der Waals surface area contributed by atoms with E-state index in [0.29, 0.717) is 12.5 Å². The summed E-state index contributed by atoms with van der Waals surface area (Å²) >= 11 is 0. The molecule has 0 bridgehead atoms. The minimum absolute atomic E-state index is 0.0494. The van der Waals surface area contributed by atoms with Crippen LogP contribution in [0.15, 0.2) is 30.3 Å². The lowest BCUT2D eigenvalue weighted by atomic mass is 10.1. The highest BCUT2D eigenvalue weighted by atomic mass is 16.5. The summed E-state index contributed by atoms with van der Waals surface area (Å²) in [5.41, 5.74) is 0.851. The molecule has 0 aromatic heterocycles. The first-order valence-corrected chi connectivity index (χ1v) is 7.44. The fraction of sp³-hybridized carbons (Fsp3) is 0.562. The number of carbonyl (C=O) groups is 1. The van der Waals surface area contributed by atoms with E-state index < -0.39 is 0 Å². The highest BCUT2D eigenvalue weighted by molar-refractivity contribution is 5.90. The first-order valence-electron chi connectivity index (χ1n) is 7.44. The van der Waals surface area contributed by atoms with Crippen LogP contribution in [0.5, 0.6) is 0 Å². The third-order valence-corrected chi connectivity index (χ3v) is 3.53. The molecule has 4 heteroatoms. The highest BCUT2D eigenvalue weighted by Crippen LogP contribution is 2.14. The van der Waals surface area contributed by atoms with E-state index in [1.807, 2.05) is 37.3 Å². The van der Waals surface area contributed by atoms with E-state index in [9.17, 15) is 4.79 Å². The van der Waals surface area contributed by atoms with Crippen molar-refractivity contribution in [2.75, 3.05) is 18.5 Å². The van der Waals surface area contributed by atoms with Gasteiger partial charge in [-0.3, -0.25) is 4.79 Å². The second kappa shape index (κ2) is 8.02. The molecule has 2 atom stereocenters. The molecule has 1 fully saturated rings. The number of benzene rings is 1. The standard InChI is InChI=1S/C16H24N2O2/c1-13(17-10-9-15-8-5-11-20-15)12-16(19)18-14-6-3-2-4-7-14/h2-4,6-7,13,15,17H,5,8-12H2,1H3,(H,18,19). The van der Waals surface area contributed by atoms with Gasteiger partial charge in [-0.05, 0) is 44.9 Å². The number of carbonyl (C=O) groups excluding carboxylic acids is 1. The summed E-state index contributed by atoms with van der Waals surface area (Å²) in [7, 11) is 0. The van der Waals surface area contributed by atoms with Crippen molar-refractivity contribution < 1.29 is 9.53 Å². The second-order valence-electron chi connectivity index (χ2n) is 5.40. The van der Waals surface area contributed by atoms with Crippen molar-refractivity contribution in [2.45, 2.75) is 44.8 Å². The largest absolute Gasteiger partial charge is 0.378 e. The number of hydrogen-bond donors (Lipinski definition) is 2. The van der Waals surface area contributed by atoms with Crippen LogP contribution in [0, 0.1) is 0 Å². The molecule has 20 heavy (non-hydrogen) atoms. The highest BCUT2D eigenvalue weighted by Gasteiger charge is 2.15. The van der Waals surface area contributed by atoms with E-state index in [2.05, 4.69) is 10.6 Å². The minimum atomic E-state index is 0.0494. The second-order valence-corrected chi connectivity index (χ2v) is 5.40. The average molecular weight is 276 g/mol. The SMILES string of the molecule is CC(CC(=O)Nc1ccccc1)NCCC1CCCO1. The number of amides is 1. The molecule has 2 unspecified atom stereocenters. The first-order chi connectivity index (χ1) is 9.74. The Kier molecular flexibility index (Phi) is 6.02. The smallest absolute Gasteiger partial charge is 0.225 e. The Balaban J connectivity index is 1.60. The van der Waals surface area contributed by atoms with E-state index in [1.165, 1.54) is 12.8 Å². The van der Waals surface area contributed by atoms with Gasteiger partial charge < -0.3 is 15.4 Å². The predicted octanol–water partition coefficient (Wildman–Crippen LogP) is 2.56. The van der Waals surface area contributed by atoms with Gasteiger partial charge in [0.15, 0.2) is 0 Å². The fourth-order valence-corrected chi connectivity index (χ4v) is 2.45. The zero-order valence-electron chi connectivity index (χ0n) is 12.1. The molecular formula is C16H24N2O2. The number of para-hydroxylation sites is 1. The summed E-state index contributed by atoms with van der Waals surface area (Å²) in [5, 5.41) is 6.29. The summed E-state index contributed by atoms with van der Waals surface area (Å²) in [6, 6.07) is 9.74. The molecule has 2 N–H and O–H groups in total. The van der Waals surface area contributed by atoms with Gasteiger partial charge in [-0.2, -0.15) is 0 Å². The number of anilines is 1. The zero-order chi connectivity index (χ0) is 14.2. The van der Waals surface area contributed by atoms with Crippen LogP contribution in [0.4, 0.5) is 5.69 Å². The maximum Gasteiger partial charge on any atom is 0.225 e. The first kappa shape index (κ1) is 15.0. The maximum absolute atomic E-state index is 11.9. The molecule has 1 amide bonds. The molecule has 4 nitrogen and oxygen atoms in total. The van der Waals surface area contributed by atoms with Crippen molar-refractivity contribution in [2.24, 2.45) is 0 Å². The van der Waals surface area contributed by atoms with Crippen molar-refractivity contribution in [3.05, 3.63) is 30.3 Å². The Morgan fingerprint density at radius 2 is 2.20 bits per heavy atom. The average Bonchev–Trinajstić information content (AvgIpc) is 2.93. The van der Waals surface area contributed by atoms with Crippen molar-refractivity contribution in [3.8, 4) is 0 Å². The molecule has 110 valence electrons. The molecule has 1 aliphatic heterocycles. The summed E-state index contributed by atoms with van der Waals surface area (Å²) in [5.74, 6) is 0.0494. The Bertz CT molecular complexity index is 402. The van der Waals surface area contributed by atoms with Crippen LogP contribution in [-0.4, -0.2) is 31.2 Å². The molecule has 1 aromatic rings. The van der Waals surface area contributed by atoms with E-state index in [0.717, 1.165) is 25.3 Å². The van der Waals surface area contributed by atoms with Gasteiger partial charge in [0.05, 0.1) is 6.10 Å². The van der Waals surface area contributed by atoms with Gasteiger partial charge in [0.1, 0.15) is 0 Å². The summed E-state index contributed by atoms with van der Waals surface area (Å²) in [6.45, 7) is 3.85. The summed E-state index contributed by atoms with van der Waals surface area (Å²) in [4.78, 5) is 11.9. The molecule has 0 radical (unpaired) electrons. The van der Waals surface area contributed by atoms with Crippen LogP contribution in [0.1, 0.15) is 32.6 Å². The number of hydrogen-bond acceptors (Lipinski definition) is 3. The fourth-order valence-electron chi connectivity index (χ4n) is 2.45. The molecule has 0 spiro atoms. The van der Waals surface area contributed by atoms with Crippen LogP contribution in [0.25, 0.3) is 0 Å². The van der Waals surface area contributed by atoms with Gasteiger partial charge in [-0.25, -0.2) is 0 Å². The zero-order valence-corrected chi connectivity index (χ0v) is 12.1. The van der Waals surface area contributed by atoms with Crippen LogP contribution >= 0.6 is 0 Å². The maximum atomic E-state index is 11.9. The van der Waals surface area contributed by atoms with E-state index in [4.69, 9.17) is 4.74 Å². The van der Waals surface area contributed by atoms with Crippen LogP contribution in [0.2, 0.25) is 0 Å². The normalized spacial score (nSPS) is 19.8. The monoisotopic (exact) mass is 276 g/mol. The summed E-state index contributed by atoms with van der Waals surface area (Å²) in [6.07, 6.45) is 4.28. The van der Waals surface area contributed by atoms with Crippen LogP contribution in [-0.2, 0) is 9.53 Å². The molecular weight excluding hydrogens is 252 g/mol. The number of nitrogens with one attached hydrogen (secondary N) is 2. The van der Waals surface area contributed by atoms with Crippen molar-refractivity contribution in [3.63, 3.8) is 0 Å².